The number of carbonyl (C=O) groups is 1. The zero-order valence-electron chi connectivity index (χ0n) is 9.34. The molecule has 2 rings (SSSR count). The summed E-state index contributed by atoms with van der Waals surface area (Å²) in [5.74, 6) is -0.511. The van der Waals surface area contributed by atoms with Crippen molar-refractivity contribution in [2.75, 3.05) is 0 Å². The number of thiophene rings is 1. The second-order valence-electron chi connectivity index (χ2n) is 3.70. The van der Waals surface area contributed by atoms with E-state index >= 15 is 0 Å². The Morgan fingerprint density at radius 3 is 2.94 bits per heavy atom. The molecule has 0 unspecified atom stereocenters. The lowest BCUT2D eigenvalue weighted by Gasteiger charge is -2.06. The molecule has 88 valence electrons. The molecule has 0 spiro atoms. The molecule has 0 atom stereocenters. The highest BCUT2D eigenvalue weighted by molar-refractivity contribution is 7.12. The monoisotopic (exact) mass is 248 g/mol. The fraction of sp³-hybridized carbons (Fsp3) is 0.154. The summed E-state index contributed by atoms with van der Waals surface area (Å²) < 4.78 is 5.51. The number of aryl methyl sites for hydroxylation is 1. The second-order valence-corrected chi connectivity index (χ2v) is 4.61. The van der Waals surface area contributed by atoms with E-state index in [0.717, 1.165) is 11.1 Å². The first kappa shape index (κ1) is 11.7. The first-order valence-corrected chi connectivity index (χ1v) is 6.04. The third-order valence-electron chi connectivity index (χ3n) is 2.30. The predicted octanol–water partition coefficient (Wildman–Crippen LogP) is 3.33. The molecule has 0 aliphatic heterocycles. The lowest BCUT2D eigenvalue weighted by atomic mass is 10.1. The van der Waals surface area contributed by atoms with Crippen molar-refractivity contribution in [1.29, 1.82) is 0 Å². The highest BCUT2D eigenvalue weighted by Gasteiger charge is 2.12. The fourth-order valence-electron chi connectivity index (χ4n) is 1.53. The van der Waals surface area contributed by atoms with E-state index in [9.17, 15) is 4.79 Å². The van der Waals surface area contributed by atoms with Gasteiger partial charge in [-0.3, -0.25) is 0 Å². The Bertz CT molecular complexity index is 531. The number of ether oxygens (including phenoxy) is 1. The lowest BCUT2D eigenvalue weighted by molar-refractivity contribution is 0.0697. The maximum Gasteiger partial charge on any atom is 0.349 e. The van der Waals surface area contributed by atoms with E-state index in [-0.39, 0.29) is 4.88 Å². The van der Waals surface area contributed by atoms with Gasteiger partial charge in [-0.05, 0) is 23.9 Å². The van der Waals surface area contributed by atoms with Crippen LogP contribution in [0.1, 0.15) is 20.8 Å². The van der Waals surface area contributed by atoms with Gasteiger partial charge in [-0.15, -0.1) is 11.3 Å². The molecule has 17 heavy (non-hydrogen) atoms. The van der Waals surface area contributed by atoms with Crippen molar-refractivity contribution in [3.63, 3.8) is 0 Å². The quantitative estimate of drug-likeness (QED) is 0.902. The number of aromatic carboxylic acids is 1. The van der Waals surface area contributed by atoms with Gasteiger partial charge in [-0.1, -0.05) is 29.8 Å². The van der Waals surface area contributed by atoms with Gasteiger partial charge in [0.05, 0.1) is 0 Å². The minimum atomic E-state index is -0.945. The van der Waals surface area contributed by atoms with E-state index in [0.29, 0.717) is 12.4 Å². The Balaban J connectivity index is 2.07. The van der Waals surface area contributed by atoms with Crippen LogP contribution in [-0.4, -0.2) is 11.1 Å². The van der Waals surface area contributed by atoms with Crippen molar-refractivity contribution in [2.45, 2.75) is 13.5 Å². The van der Waals surface area contributed by atoms with Crippen LogP contribution in [0.4, 0.5) is 0 Å². The van der Waals surface area contributed by atoms with Crippen LogP contribution in [0.3, 0.4) is 0 Å². The van der Waals surface area contributed by atoms with Gasteiger partial charge < -0.3 is 9.84 Å². The molecule has 0 saturated heterocycles. The zero-order chi connectivity index (χ0) is 12.3. The molecule has 0 aliphatic carbocycles. The van der Waals surface area contributed by atoms with Gasteiger partial charge in [0.25, 0.3) is 0 Å². The molecule has 0 saturated carbocycles. The summed E-state index contributed by atoms with van der Waals surface area (Å²) in [5.41, 5.74) is 2.20. The summed E-state index contributed by atoms with van der Waals surface area (Å²) in [4.78, 5) is 11.1. The van der Waals surface area contributed by atoms with Gasteiger partial charge in [0.2, 0.25) is 0 Å². The molecule has 0 radical (unpaired) electrons. The van der Waals surface area contributed by atoms with Gasteiger partial charge >= 0.3 is 5.97 Å². The molecule has 2 aromatic rings. The number of hydrogen-bond donors (Lipinski definition) is 1. The van der Waals surface area contributed by atoms with Crippen LogP contribution < -0.4 is 4.74 Å². The Labute approximate surface area is 103 Å². The summed E-state index contributed by atoms with van der Waals surface area (Å²) >= 11 is 1.17. The smallest absolute Gasteiger partial charge is 0.349 e. The highest BCUT2D eigenvalue weighted by atomic mass is 32.1. The Morgan fingerprint density at radius 2 is 2.24 bits per heavy atom. The summed E-state index contributed by atoms with van der Waals surface area (Å²) in [7, 11) is 0. The van der Waals surface area contributed by atoms with E-state index in [1.807, 2.05) is 31.2 Å². The van der Waals surface area contributed by atoms with Crippen molar-refractivity contribution < 1.29 is 14.6 Å². The van der Waals surface area contributed by atoms with Gasteiger partial charge in [0.15, 0.2) is 4.88 Å². The molecule has 0 fully saturated rings. The van der Waals surface area contributed by atoms with Crippen LogP contribution in [0.25, 0.3) is 0 Å². The highest BCUT2D eigenvalue weighted by Crippen LogP contribution is 2.25. The molecular weight excluding hydrogens is 236 g/mol. The largest absolute Gasteiger partial charge is 0.487 e. The molecule has 4 heteroatoms. The molecule has 0 amide bonds. The maximum atomic E-state index is 10.9. The molecule has 1 heterocycles. The molecule has 0 bridgehead atoms. The maximum absolute atomic E-state index is 10.9. The van der Waals surface area contributed by atoms with Crippen LogP contribution >= 0.6 is 11.3 Å². The molecule has 0 aliphatic rings. The summed E-state index contributed by atoms with van der Waals surface area (Å²) in [6.45, 7) is 2.40. The molecular formula is C13H12O3S. The average molecular weight is 248 g/mol. The fourth-order valence-corrected chi connectivity index (χ4v) is 2.20. The van der Waals surface area contributed by atoms with Crippen LogP contribution in [-0.2, 0) is 6.61 Å². The molecule has 1 aromatic carbocycles. The summed E-state index contributed by atoms with van der Waals surface area (Å²) in [6, 6.07) is 9.63. The standard InChI is InChI=1S/C13H12O3S/c1-9-3-2-4-10(7-9)8-16-11-5-6-17-12(11)13(14)15/h2-7H,8H2,1H3,(H,14,15). The van der Waals surface area contributed by atoms with Gasteiger partial charge in [0, 0.05) is 0 Å². The normalized spacial score (nSPS) is 10.2. The van der Waals surface area contributed by atoms with Crippen LogP contribution in [0.15, 0.2) is 35.7 Å². The topological polar surface area (TPSA) is 46.5 Å². The summed E-state index contributed by atoms with van der Waals surface area (Å²) in [6.07, 6.45) is 0. The minimum absolute atomic E-state index is 0.248. The van der Waals surface area contributed by atoms with Crippen LogP contribution in [0.5, 0.6) is 5.75 Å². The number of carboxylic acids is 1. The van der Waals surface area contributed by atoms with Gasteiger partial charge in [0.1, 0.15) is 12.4 Å². The van der Waals surface area contributed by atoms with Crippen LogP contribution in [0, 0.1) is 6.92 Å². The molecule has 1 aromatic heterocycles. The number of carboxylic acid groups (broad SMARTS) is 1. The first-order chi connectivity index (χ1) is 8.16. The van der Waals surface area contributed by atoms with Crippen molar-refractivity contribution >= 4 is 17.3 Å². The van der Waals surface area contributed by atoms with E-state index in [1.165, 1.54) is 11.3 Å². The Kier molecular flexibility index (Phi) is 3.44. The van der Waals surface area contributed by atoms with E-state index < -0.39 is 5.97 Å². The Hall–Kier alpha value is -1.81. The average Bonchev–Trinajstić information content (AvgIpc) is 2.74. The number of benzene rings is 1. The molecule has 1 N–H and O–H groups in total. The molecule has 3 nitrogen and oxygen atoms in total. The van der Waals surface area contributed by atoms with E-state index in [4.69, 9.17) is 9.84 Å². The first-order valence-electron chi connectivity index (χ1n) is 5.16. The van der Waals surface area contributed by atoms with Crippen molar-refractivity contribution in [3.8, 4) is 5.75 Å². The third-order valence-corrected chi connectivity index (χ3v) is 3.18. The van der Waals surface area contributed by atoms with E-state index in [1.54, 1.807) is 11.4 Å². The van der Waals surface area contributed by atoms with Gasteiger partial charge in [-0.25, -0.2) is 4.79 Å². The lowest BCUT2D eigenvalue weighted by Crippen LogP contribution is -2.00. The van der Waals surface area contributed by atoms with Crippen molar-refractivity contribution in [1.82, 2.24) is 0 Å². The van der Waals surface area contributed by atoms with Crippen molar-refractivity contribution in [3.05, 3.63) is 51.7 Å². The summed E-state index contributed by atoms with van der Waals surface area (Å²) in [5, 5.41) is 10.6. The minimum Gasteiger partial charge on any atom is -0.487 e. The second kappa shape index (κ2) is 5.01. The number of rotatable bonds is 4. The zero-order valence-corrected chi connectivity index (χ0v) is 10.2. The number of hydrogen-bond acceptors (Lipinski definition) is 3. The SMILES string of the molecule is Cc1cccc(COc2ccsc2C(=O)O)c1. The van der Waals surface area contributed by atoms with Crippen molar-refractivity contribution in [2.24, 2.45) is 0 Å². The van der Waals surface area contributed by atoms with E-state index in [2.05, 4.69) is 0 Å². The Morgan fingerprint density at radius 1 is 1.41 bits per heavy atom. The third kappa shape index (κ3) is 2.85. The van der Waals surface area contributed by atoms with Crippen LogP contribution in [0.2, 0.25) is 0 Å². The van der Waals surface area contributed by atoms with Gasteiger partial charge in [-0.2, -0.15) is 0 Å². The predicted molar refractivity (Wildman–Crippen MR) is 66.8 cm³/mol.